The van der Waals surface area contributed by atoms with Crippen LogP contribution in [0.15, 0.2) is 6.20 Å². The molecule has 0 bridgehead atoms. The fraction of sp³-hybridized carbons (Fsp3) is 0.682. The summed E-state index contributed by atoms with van der Waals surface area (Å²) in [4.78, 5) is 20.3. The van der Waals surface area contributed by atoms with Gasteiger partial charge in [-0.25, -0.2) is 14.4 Å². The molecular weight excluding hydrogens is 538 g/mol. The molecule has 1 saturated carbocycles. The van der Waals surface area contributed by atoms with Gasteiger partial charge in [0.25, 0.3) is 0 Å². The number of anilines is 1. The number of nitrogens with zero attached hydrogens (tertiary/aromatic N) is 6. The van der Waals surface area contributed by atoms with Crippen molar-refractivity contribution in [1.29, 1.82) is 0 Å². The van der Waals surface area contributed by atoms with Gasteiger partial charge >= 0.3 is 12.0 Å². The summed E-state index contributed by atoms with van der Waals surface area (Å²) in [5, 5.41) is 18.6. The minimum Gasteiger partial charge on any atom is -0.484 e. The summed E-state index contributed by atoms with van der Waals surface area (Å²) in [5.41, 5.74) is -0.751. The van der Waals surface area contributed by atoms with Crippen LogP contribution in [-0.4, -0.2) is 80.7 Å². The number of nitrogens with one attached hydrogen (secondary N) is 1. The van der Waals surface area contributed by atoms with E-state index in [1.807, 2.05) is 0 Å². The maximum absolute atomic E-state index is 14.5. The lowest BCUT2D eigenvalue weighted by Gasteiger charge is -2.24. The van der Waals surface area contributed by atoms with Gasteiger partial charge in [0.1, 0.15) is 29.3 Å². The van der Waals surface area contributed by atoms with Gasteiger partial charge in [-0.15, -0.1) is 4.68 Å². The second kappa shape index (κ2) is 10.4. The molecular formula is C22H26ClF4N7O4. The van der Waals surface area contributed by atoms with Gasteiger partial charge in [-0.1, -0.05) is 5.10 Å². The van der Waals surface area contributed by atoms with E-state index in [2.05, 4.69) is 20.4 Å². The van der Waals surface area contributed by atoms with Crippen molar-refractivity contribution in [2.24, 2.45) is 5.92 Å². The summed E-state index contributed by atoms with van der Waals surface area (Å²) in [6.07, 6.45) is -2.88. The third-order valence-electron chi connectivity index (χ3n) is 7.35. The molecule has 2 aromatic heterocycles. The molecule has 0 spiro atoms. The van der Waals surface area contributed by atoms with E-state index in [0.717, 1.165) is 19.3 Å². The van der Waals surface area contributed by atoms with Crippen molar-refractivity contribution < 1.29 is 32.0 Å². The third-order valence-corrected chi connectivity index (χ3v) is 7.53. The van der Waals surface area contributed by atoms with Crippen LogP contribution in [0.4, 0.5) is 29.2 Å². The van der Waals surface area contributed by atoms with Gasteiger partial charge in [0.15, 0.2) is 0 Å². The number of hydrogen-bond acceptors (Lipinski definition) is 9. The molecule has 4 unspecified atom stereocenters. The van der Waals surface area contributed by atoms with E-state index in [1.54, 1.807) is 11.8 Å². The van der Waals surface area contributed by atoms with E-state index in [4.69, 9.17) is 21.1 Å². The zero-order valence-corrected chi connectivity index (χ0v) is 21.1. The van der Waals surface area contributed by atoms with Crippen LogP contribution in [-0.2, 0) is 10.9 Å². The number of halogens is 5. The molecule has 1 aliphatic carbocycles. The molecule has 3 aliphatic rings. The number of aromatic nitrogens is 4. The van der Waals surface area contributed by atoms with Crippen molar-refractivity contribution in [2.75, 3.05) is 38.2 Å². The van der Waals surface area contributed by atoms with E-state index >= 15 is 0 Å². The van der Waals surface area contributed by atoms with Gasteiger partial charge in [-0.2, -0.15) is 13.2 Å². The van der Waals surface area contributed by atoms with E-state index in [0.29, 0.717) is 11.9 Å². The van der Waals surface area contributed by atoms with Gasteiger partial charge in [-0.05, 0) is 42.7 Å². The lowest BCUT2D eigenvalue weighted by molar-refractivity contribution is -0.394. The zero-order chi connectivity index (χ0) is 27.2. The van der Waals surface area contributed by atoms with Crippen molar-refractivity contribution in [2.45, 2.75) is 56.7 Å². The second-order valence-corrected chi connectivity index (χ2v) is 10.2. The van der Waals surface area contributed by atoms with Gasteiger partial charge < -0.3 is 24.9 Å². The van der Waals surface area contributed by atoms with Crippen LogP contribution in [0, 0.1) is 23.0 Å². The third kappa shape index (κ3) is 5.23. The Morgan fingerprint density at radius 1 is 1.32 bits per heavy atom. The van der Waals surface area contributed by atoms with Crippen molar-refractivity contribution >= 4 is 23.2 Å². The Morgan fingerprint density at radius 2 is 2.08 bits per heavy atom. The minimum absolute atomic E-state index is 0.0210. The molecule has 2 aliphatic heterocycles. The molecule has 0 aromatic carbocycles. The predicted molar refractivity (Wildman–Crippen MR) is 126 cm³/mol. The molecule has 0 radical (unpaired) electrons. The first-order valence-electron chi connectivity index (χ1n) is 12.2. The quantitative estimate of drug-likeness (QED) is 0.221. The highest BCUT2D eigenvalue weighted by molar-refractivity contribution is 6.28. The van der Waals surface area contributed by atoms with E-state index < -0.39 is 46.7 Å². The summed E-state index contributed by atoms with van der Waals surface area (Å²) >= 11 is 5.79. The van der Waals surface area contributed by atoms with Crippen LogP contribution in [0.1, 0.15) is 36.6 Å². The van der Waals surface area contributed by atoms with Crippen LogP contribution < -0.4 is 10.1 Å². The maximum atomic E-state index is 14.5. The average molecular weight is 564 g/mol. The summed E-state index contributed by atoms with van der Waals surface area (Å²) in [7, 11) is 0. The largest absolute Gasteiger partial charge is 0.484 e. The van der Waals surface area contributed by atoms with Gasteiger partial charge in [0.2, 0.25) is 11.0 Å². The van der Waals surface area contributed by atoms with Crippen molar-refractivity contribution in [3.63, 3.8) is 0 Å². The van der Waals surface area contributed by atoms with Crippen LogP contribution in [0.5, 0.6) is 5.75 Å². The molecule has 2 saturated heterocycles. The minimum atomic E-state index is -4.74. The molecule has 4 heterocycles. The number of hydrogen-bond donors (Lipinski definition) is 1. The highest BCUT2D eigenvalue weighted by atomic mass is 35.5. The van der Waals surface area contributed by atoms with Crippen LogP contribution in [0.2, 0.25) is 5.28 Å². The van der Waals surface area contributed by atoms with Crippen LogP contribution >= 0.6 is 11.6 Å². The van der Waals surface area contributed by atoms with E-state index in [1.165, 1.54) is 4.68 Å². The second-order valence-electron chi connectivity index (χ2n) is 9.82. The van der Waals surface area contributed by atoms with Crippen LogP contribution in [0.3, 0.4) is 0 Å². The smallest absolute Gasteiger partial charge is 0.421 e. The molecule has 0 amide bonds. The number of aryl methyl sites for hydroxylation is 1. The Labute approximate surface area is 219 Å². The molecule has 2 aromatic rings. The Balaban J connectivity index is 1.40. The summed E-state index contributed by atoms with van der Waals surface area (Å²) in [6.45, 7) is 2.03. The number of alkyl halides is 4. The molecule has 11 nitrogen and oxygen atoms in total. The Kier molecular flexibility index (Phi) is 7.35. The number of ether oxygens (including phenoxy) is 2. The van der Waals surface area contributed by atoms with Crippen molar-refractivity contribution in [1.82, 2.24) is 24.6 Å². The highest BCUT2D eigenvalue weighted by Gasteiger charge is 2.44. The monoisotopic (exact) mass is 563 g/mol. The highest BCUT2D eigenvalue weighted by Crippen LogP contribution is 2.41. The first-order chi connectivity index (χ1) is 18.0. The first-order valence-corrected chi connectivity index (χ1v) is 12.6. The lowest BCUT2D eigenvalue weighted by atomic mass is 9.93. The molecule has 38 heavy (non-hydrogen) atoms. The number of nitro groups is 1. The Bertz CT molecular complexity index is 1200. The predicted octanol–water partition coefficient (Wildman–Crippen LogP) is 3.82. The van der Waals surface area contributed by atoms with Crippen molar-refractivity contribution in [3.8, 4) is 5.75 Å². The summed E-state index contributed by atoms with van der Waals surface area (Å²) in [5.74, 6) is -1.22. The summed E-state index contributed by atoms with van der Waals surface area (Å²) < 4.78 is 67.9. The summed E-state index contributed by atoms with van der Waals surface area (Å²) in [6, 6.07) is -1.32. The fourth-order valence-corrected chi connectivity index (χ4v) is 5.28. The molecule has 1 N–H and O–H groups in total. The fourth-order valence-electron chi connectivity index (χ4n) is 5.14. The maximum Gasteiger partial charge on any atom is 0.421 e. The van der Waals surface area contributed by atoms with E-state index in [9.17, 15) is 27.7 Å². The van der Waals surface area contributed by atoms with E-state index in [-0.39, 0.29) is 55.8 Å². The number of rotatable bonds is 8. The van der Waals surface area contributed by atoms with Gasteiger partial charge in [-0.3, -0.25) is 4.90 Å². The molecule has 4 atom stereocenters. The van der Waals surface area contributed by atoms with Crippen molar-refractivity contribution in [3.05, 3.63) is 32.9 Å². The molecule has 3 fully saturated rings. The normalized spacial score (nSPS) is 26.5. The van der Waals surface area contributed by atoms with Gasteiger partial charge in [0.05, 0.1) is 25.9 Å². The average Bonchev–Trinajstić information content (AvgIpc) is 3.47. The SMILES string of the molecule is Cc1nn(C2CCC2)c([N+](=O)[O-])c1OCC1CN(C2COCC2F)CC1Nc1nc(Cl)ncc1C(F)(F)F. The Morgan fingerprint density at radius 3 is 2.68 bits per heavy atom. The van der Waals surface area contributed by atoms with Crippen LogP contribution in [0.25, 0.3) is 0 Å². The molecule has 208 valence electrons. The molecule has 16 heteroatoms. The number of likely N-dealkylation sites (tertiary alicyclic amines) is 1. The lowest BCUT2D eigenvalue weighted by Crippen LogP contribution is -2.41. The Hall–Kier alpha value is -2.78. The zero-order valence-electron chi connectivity index (χ0n) is 20.3. The topological polar surface area (TPSA) is 120 Å². The molecule has 5 rings (SSSR count). The van der Waals surface area contributed by atoms with Gasteiger partial charge in [0, 0.05) is 31.2 Å². The first kappa shape index (κ1) is 26.8. The standard InChI is InChI=1S/C22H26ClF4N7O4/c1-11-18(20(34(35)36)33(31-11)13-3-2-4-13)38-8-12-6-32(17-10-37-9-15(17)24)7-16(12)29-19-14(22(25,26)27)5-28-21(23)30-19/h5,12-13,15-17H,2-4,6-10H2,1H3,(H,28,29,30).